The first kappa shape index (κ1) is 8.97. The molecular formula is C8H16O3. The minimum absolute atomic E-state index is 0.0799. The van der Waals surface area contributed by atoms with E-state index in [0.29, 0.717) is 6.10 Å². The van der Waals surface area contributed by atoms with E-state index in [1.807, 2.05) is 6.92 Å². The summed E-state index contributed by atoms with van der Waals surface area (Å²) in [4.78, 5) is 0. The molecule has 0 aromatic heterocycles. The van der Waals surface area contributed by atoms with Gasteiger partial charge in [-0.1, -0.05) is 0 Å². The third kappa shape index (κ3) is 2.43. The van der Waals surface area contributed by atoms with Crippen LogP contribution >= 0.6 is 0 Å². The Bertz CT molecular complexity index is 104. The van der Waals surface area contributed by atoms with Gasteiger partial charge in [0.15, 0.2) is 6.29 Å². The molecule has 3 atom stereocenters. The van der Waals surface area contributed by atoms with Crippen molar-refractivity contribution in [1.82, 2.24) is 0 Å². The van der Waals surface area contributed by atoms with Crippen LogP contribution < -0.4 is 0 Å². The molecule has 1 aliphatic rings. The predicted octanol–water partition coefficient (Wildman–Crippen LogP) is 1.17. The molecule has 1 saturated heterocycles. The number of hydrogen-bond acceptors (Lipinski definition) is 3. The van der Waals surface area contributed by atoms with E-state index in [9.17, 15) is 0 Å². The molecule has 0 aromatic carbocycles. The summed E-state index contributed by atoms with van der Waals surface area (Å²) in [5, 5.41) is 0. The molecular weight excluding hydrogens is 144 g/mol. The van der Waals surface area contributed by atoms with E-state index in [0.717, 1.165) is 12.8 Å². The van der Waals surface area contributed by atoms with Gasteiger partial charge >= 0.3 is 0 Å². The van der Waals surface area contributed by atoms with Crippen LogP contribution in [0.5, 0.6) is 0 Å². The van der Waals surface area contributed by atoms with Crippen molar-refractivity contribution >= 4 is 0 Å². The molecule has 1 heterocycles. The molecule has 0 aliphatic carbocycles. The van der Waals surface area contributed by atoms with Gasteiger partial charge in [0, 0.05) is 20.6 Å². The molecule has 0 bridgehead atoms. The maximum Gasteiger partial charge on any atom is 0.160 e. The number of ether oxygens (including phenoxy) is 3. The van der Waals surface area contributed by atoms with Crippen LogP contribution in [0.3, 0.4) is 0 Å². The monoisotopic (exact) mass is 160 g/mol. The van der Waals surface area contributed by atoms with E-state index in [1.54, 1.807) is 14.2 Å². The zero-order valence-corrected chi connectivity index (χ0v) is 7.37. The quantitative estimate of drug-likeness (QED) is 0.607. The van der Waals surface area contributed by atoms with Crippen LogP contribution in [0.4, 0.5) is 0 Å². The van der Waals surface area contributed by atoms with E-state index in [4.69, 9.17) is 14.2 Å². The van der Waals surface area contributed by atoms with Crippen molar-refractivity contribution in [3.05, 3.63) is 0 Å². The average Bonchev–Trinajstić information content (AvgIpc) is 2.03. The van der Waals surface area contributed by atoms with Gasteiger partial charge in [-0.15, -0.1) is 0 Å². The van der Waals surface area contributed by atoms with Gasteiger partial charge in [0.05, 0.1) is 12.2 Å². The summed E-state index contributed by atoms with van der Waals surface area (Å²) < 4.78 is 15.8. The van der Waals surface area contributed by atoms with Gasteiger partial charge in [0.2, 0.25) is 0 Å². The SMILES string of the molecule is COC1C[C@H](OC)C[C@H](C)O1. The summed E-state index contributed by atoms with van der Waals surface area (Å²) in [7, 11) is 3.39. The van der Waals surface area contributed by atoms with Crippen molar-refractivity contribution in [2.45, 2.75) is 38.3 Å². The third-order valence-corrected chi connectivity index (χ3v) is 2.03. The predicted molar refractivity (Wildman–Crippen MR) is 41.4 cm³/mol. The normalized spacial score (nSPS) is 39.0. The molecule has 0 aromatic rings. The van der Waals surface area contributed by atoms with Crippen LogP contribution in [-0.4, -0.2) is 32.7 Å². The van der Waals surface area contributed by atoms with Crippen LogP contribution in [0.25, 0.3) is 0 Å². The Labute approximate surface area is 67.6 Å². The minimum atomic E-state index is -0.0799. The molecule has 1 fully saturated rings. The zero-order chi connectivity index (χ0) is 8.27. The lowest BCUT2D eigenvalue weighted by Crippen LogP contribution is -2.35. The highest BCUT2D eigenvalue weighted by atomic mass is 16.7. The van der Waals surface area contributed by atoms with Crippen molar-refractivity contribution in [3.8, 4) is 0 Å². The Hall–Kier alpha value is -0.120. The molecule has 1 unspecified atom stereocenters. The third-order valence-electron chi connectivity index (χ3n) is 2.03. The molecule has 1 aliphatic heterocycles. The van der Waals surface area contributed by atoms with Crippen molar-refractivity contribution in [2.75, 3.05) is 14.2 Å². The molecule has 0 saturated carbocycles. The number of rotatable bonds is 2. The highest BCUT2D eigenvalue weighted by Gasteiger charge is 2.26. The molecule has 3 nitrogen and oxygen atoms in total. The van der Waals surface area contributed by atoms with Gasteiger partial charge in [-0.25, -0.2) is 0 Å². The maximum absolute atomic E-state index is 5.47. The molecule has 0 amide bonds. The van der Waals surface area contributed by atoms with E-state index in [2.05, 4.69) is 0 Å². The van der Waals surface area contributed by atoms with Crippen LogP contribution in [0.15, 0.2) is 0 Å². The average molecular weight is 160 g/mol. The Morgan fingerprint density at radius 3 is 2.45 bits per heavy atom. The molecule has 1 rings (SSSR count). The first-order valence-corrected chi connectivity index (χ1v) is 3.97. The second-order valence-electron chi connectivity index (χ2n) is 2.94. The lowest BCUT2D eigenvalue weighted by atomic mass is 10.1. The summed E-state index contributed by atoms with van der Waals surface area (Å²) >= 11 is 0. The highest BCUT2D eigenvalue weighted by molar-refractivity contribution is 4.70. The van der Waals surface area contributed by atoms with E-state index in [1.165, 1.54) is 0 Å². The lowest BCUT2D eigenvalue weighted by Gasteiger charge is -2.31. The first-order valence-electron chi connectivity index (χ1n) is 3.97. The largest absolute Gasteiger partial charge is 0.381 e. The van der Waals surface area contributed by atoms with Crippen LogP contribution in [0.1, 0.15) is 19.8 Å². The number of hydrogen-bond donors (Lipinski definition) is 0. The van der Waals surface area contributed by atoms with E-state index < -0.39 is 0 Å². The van der Waals surface area contributed by atoms with Crippen LogP contribution in [-0.2, 0) is 14.2 Å². The molecule has 0 spiro atoms. The van der Waals surface area contributed by atoms with Crippen molar-refractivity contribution in [1.29, 1.82) is 0 Å². The lowest BCUT2D eigenvalue weighted by molar-refractivity contribution is -0.202. The van der Waals surface area contributed by atoms with E-state index in [-0.39, 0.29) is 12.4 Å². The smallest absolute Gasteiger partial charge is 0.160 e. The molecule has 0 N–H and O–H groups in total. The fourth-order valence-corrected chi connectivity index (χ4v) is 1.40. The molecule has 11 heavy (non-hydrogen) atoms. The second-order valence-corrected chi connectivity index (χ2v) is 2.94. The van der Waals surface area contributed by atoms with Crippen molar-refractivity contribution in [2.24, 2.45) is 0 Å². The second kappa shape index (κ2) is 4.04. The highest BCUT2D eigenvalue weighted by Crippen LogP contribution is 2.21. The minimum Gasteiger partial charge on any atom is -0.381 e. The number of methoxy groups -OCH3 is 2. The summed E-state index contributed by atoms with van der Waals surface area (Å²) in [5.41, 5.74) is 0. The van der Waals surface area contributed by atoms with Gasteiger partial charge in [0.1, 0.15) is 0 Å². The molecule has 66 valence electrons. The fourth-order valence-electron chi connectivity index (χ4n) is 1.40. The summed E-state index contributed by atoms with van der Waals surface area (Å²) in [6.07, 6.45) is 2.28. The Morgan fingerprint density at radius 2 is 1.91 bits per heavy atom. The van der Waals surface area contributed by atoms with Gasteiger partial charge < -0.3 is 14.2 Å². The molecule has 0 radical (unpaired) electrons. The first-order chi connectivity index (χ1) is 5.26. The van der Waals surface area contributed by atoms with Crippen molar-refractivity contribution in [3.63, 3.8) is 0 Å². The van der Waals surface area contributed by atoms with Gasteiger partial charge in [0.25, 0.3) is 0 Å². The molecule has 3 heteroatoms. The van der Waals surface area contributed by atoms with Crippen molar-refractivity contribution < 1.29 is 14.2 Å². The van der Waals surface area contributed by atoms with Gasteiger partial charge in [-0.2, -0.15) is 0 Å². The van der Waals surface area contributed by atoms with Gasteiger partial charge in [-0.3, -0.25) is 0 Å². The maximum atomic E-state index is 5.47. The van der Waals surface area contributed by atoms with Crippen LogP contribution in [0, 0.1) is 0 Å². The Kier molecular flexibility index (Phi) is 3.30. The standard InChI is InChI=1S/C8H16O3/c1-6-4-7(9-2)5-8(10-3)11-6/h6-8H,4-5H2,1-3H3/t6-,7+,8?/m0/s1. The summed E-state index contributed by atoms with van der Waals surface area (Å²) in [6.45, 7) is 2.04. The fraction of sp³-hybridized carbons (Fsp3) is 1.00. The Balaban J connectivity index is 2.37. The van der Waals surface area contributed by atoms with E-state index >= 15 is 0 Å². The topological polar surface area (TPSA) is 27.7 Å². The zero-order valence-electron chi connectivity index (χ0n) is 7.37. The summed E-state index contributed by atoms with van der Waals surface area (Å²) in [5.74, 6) is 0. The van der Waals surface area contributed by atoms with Gasteiger partial charge in [-0.05, 0) is 13.3 Å². The van der Waals surface area contributed by atoms with Crippen LogP contribution in [0.2, 0.25) is 0 Å². The summed E-state index contributed by atoms with van der Waals surface area (Å²) in [6, 6.07) is 0. The Morgan fingerprint density at radius 1 is 1.18 bits per heavy atom.